The Morgan fingerprint density at radius 1 is 0.659 bits per heavy atom. The molecule has 1 N–H and O–H groups in total. The number of unbranched alkanes of at least 4 members (excludes halogenated alkanes) is 11. The fourth-order valence-electron chi connectivity index (χ4n) is 5.31. The van der Waals surface area contributed by atoms with Crippen LogP contribution in [0, 0.1) is 11.8 Å². The zero-order valence-corrected chi connectivity index (χ0v) is 32.2. The molecule has 4 atom stereocenters. The summed E-state index contributed by atoms with van der Waals surface area (Å²) in [4.78, 5) is 11.2. The summed E-state index contributed by atoms with van der Waals surface area (Å²) in [5, 5.41) is 1.83. The quantitative estimate of drug-likeness (QED) is 0.0544. The summed E-state index contributed by atoms with van der Waals surface area (Å²) in [6.07, 6.45) is 27.2. The van der Waals surface area contributed by atoms with Crippen LogP contribution in [0.3, 0.4) is 0 Å². The van der Waals surface area contributed by atoms with Crippen molar-refractivity contribution < 1.29 is 28.4 Å². The van der Waals surface area contributed by atoms with E-state index < -0.39 is 7.60 Å². The van der Waals surface area contributed by atoms with Gasteiger partial charge in [-0.25, -0.2) is 0 Å². The van der Waals surface area contributed by atoms with Gasteiger partial charge in [0.1, 0.15) is 0 Å². The zero-order chi connectivity index (χ0) is 32.9. The standard InChI is InChI=1S/C23H41O3P.2C8H17.Ni/c1-4-7-9-10-11-12-13-15-22-16-18-23(19-17-22)27(24,25)26-20-21(6-3)14-8-5-2;1-4-6-7-8(3)5-2;1-3-5-7-8-6-4-2;/h16-19,21H,4-15,20H2,1-3H3,(H,24,25);8H,3-7H2,1-2H3;3H,4-8H2,1-2H3;. The number of rotatable bonds is 28. The molecule has 0 saturated carbocycles. The minimum atomic E-state index is -3.71. The molecule has 3 nitrogen and oxygen atoms in total. The second kappa shape index (κ2) is 30.2. The molecule has 1 rings (SSSR count). The molecule has 0 spiro atoms. The van der Waals surface area contributed by atoms with E-state index in [1.165, 1.54) is 114 Å². The number of hydrogen-bond donors (Lipinski definition) is 1. The molecule has 0 aliphatic rings. The molecule has 1 aromatic carbocycles. The fourth-order valence-corrected chi connectivity index (χ4v) is 8.01. The van der Waals surface area contributed by atoms with Gasteiger partial charge in [0.05, 0.1) is 11.9 Å². The van der Waals surface area contributed by atoms with Crippen LogP contribution in [0.4, 0.5) is 0 Å². The van der Waals surface area contributed by atoms with Crippen LogP contribution < -0.4 is 5.30 Å². The van der Waals surface area contributed by atoms with Gasteiger partial charge in [-0.2, -0.15) is 0 Å². The first-order chi connectivity index (χ1) is 21.3. The van der Waals surface area contributed by atoms with E-state index in [0.29, 0.717) is 17.8 Å². The van der Waals surface area contributed by atoms with E-state index in [0.717, 1.165) is 42.9 Å². The molecular formula is C39H75NiO3P. The Bertz CT molecular complexity index is 784. The van der Waals surface area contributed by atoms with Gasteiger partial charge in [-0.3, -0.25) is 4.57 Å². The summed E-state index contributed by atoms with van der Waals surface area (Å²) >= 11 is 2.03. The van der Waals surface area contributed by atoms with Crippen LogP contribution in [0.2, 0.25) is 10.3 Å². The molecule has 0 bridgehead atoms. The van der Waals surface area contributed by atoms with Crippen molar-refractivity contribution in [3.8, 4) is 0 Å². The molecule has 0 fully saturated rings. The Kier molecular flexibility index (Phi) is 30.1. The van der Waals surface area contributed by atoms with Crippen LogP contribution in [0.5, 0.6) is 0 Å². The summed E-state index contributed by atoms with van der Waals surface area (Å²) in [6, 6.07) is 7.49. The maximum absolute atomic E-state index is 12.5. The first kappa shape index (κ1) is 43.9. The second-order valence-corrected chi connectivity index (χ2v) is 16.6. The summed E-state index contributed by atoms with van der Waals surface area (Å²) in [6.45, 7) is 16.3. The molecule has 5 heteroatoms. The van der Waals surface area contributed by atoms with E-state index in [-0.39, 0.29) is 0 Å². The van der Waals surface area contributed by atoms with E-state index >= 15 is 0 Å². The van der Waals surface area contributed by atoms with Gasteiger partial charge in [-0.05, 0) is 42.9 Å². The summed E-state index contributed by atoms with van der Waals surface area (Å²) in [7, 11) is -3.71. The van der Waals surface area contributed by atoms with Crippen molar-refractivity contribution in [2.75, 3.05) is 6.61 Å². The van der Waals surface area contributed by atoms with Crippen molar-refractivity contribution >= 4 is 12.9 Å². The average molecular weight is 682 g/mol. The Labute approximate surface area is 282 Å². The normalized spacial score (nSPS) is 14.9. The van der Waals surface area contributed by atoms with Gasteiger partial charge in [-0.1, -0.05) is 90.7 Å². The first-order valence-electron chi connectivity index (χ1n) is 18.8. The van der Waals surface area contributed by atoms with E-state index in [1.54, 1.807) is 12.1 Å². The van der Waals surface area contributed by atoms with Crippen molar-refractivity contribution in [2.24, 2.45) is 11.8 Å². The SMILES string of the molecule is CCCCCCCCCc1ccc(P(=O)(O)OCC(CC)CCCC)cc1.CCCCCC[CH](C)[Ni][CH2]C(CC)CCCC. The van der Waals surface area contributed by atoms with Gasteiger partial charge >= 0.3 is 124 Å². The molecule has 1 aromatic rings. The number of hydrogen-bond acceptors (Lipinski definition) is 2. The Balaban J connectivity index is 0.000000938. The monoisotopic (exact) mass is 680 g/mol. The molecular weight excluding hydrogens is 606 g/mol. The van der Waals surface area contributed by atoms with Gasteiger partial charge in [-0.15, -0.1) is 0 Å². The molecule has 0 radical (unpaired) electrons. The summed E-state index contributed by atoms with van der Waals surface area (Å²) in [5.74, 6) is 1.34. The molecule has 0 aliphatic heterocycles. The second-order valence-electron chi connectivity index (χ2n) is 13.0. The van der Waals surface area contributed by atoms with Gasteiger partial charge in [0.25, 0.3) is 0 Å². The van der Waals surface area contributed by atoms with Gasteiger partial charge in [0.15, 0.2) is 0 Å². The molecule has 0 heterocycles. The number of aryl methyl sites for hydroxylation is 1. The molecule has 0 aliphatic carbocycles. The molecule has 264 valence electrons. The van der Waals surface area contributed by atoms with Crippen molar-refractivity contribution in [1.29, 1.82) is 0 Å². The minimum absolute atomic E-state index is 0.363. The van der Waals surface area contributed by atoms with E-state index in [2.05, 4.69) is 48.5 Å². The fraction of sp³-hybridized carbons (Fsp3) is 0.846. The molecule has 4 unspecified atom stereocenters. The Morgan fingerprint density at radius 2 is 1.16 bits per heavy atom. The average Bonchev–Trinajstić information content (AvgIpc) is 3.03. The van der Waals surface area contributed by atoms with Gasteiger partial charge < -0.3 is 9.42 Å². The van der Waals surface area contributed by atoms with Crippen molar-refractivity contribution in [3.05, 3.63) is 29.8 Å². The predicted molar refractivity (Wildman–Crippen MR) is 193 cm³/mol. The van der Waals surface area contributed by atoms with Crippen molar-refractivity contribution in [1.82, 2.24) is 0 Å². The summed E-state index contributed by atoms with van der Waals surface area (Å²) in [5.41, 5.74) is 1.24. The third kappa shape index (κ3) is 24.1. The van der Waals surface area contributed by atoms with Gasteiger partial charge in [0.2, 0.25) is 0 Å². The van der Waals surface area contributed by atoms with Crippen LogP contribution in [0.15, 0.2) is 24.3 Å². The van der Waals surface area contributed by atoms with E-state index in [1.807, 2.05) is 26.6 Å². The molecule has 0 aromatic heterocycles. The number of benzene rings is 1. The first-order valence-corrected chi connectivity index (χ1v) is 21.7. The van der Waals surface area contributed by atoms with Crippen LogP contribution in [0.25, 0.3) is 0 Å². The predicted octanol–water partition coefficient (Wildman–Crippen LogP) is 13.5. The van der Waals surface area contributed by atoms with Crippen LogP contribution in [0.1, 0.15) is 182 Å². The summed E-state index contributed by atoms with van der Waals surface area (Å²) < 4.78 is 18.0. The van der Waals surface area contributed by atoms with Crippen LogP contribution >= 0.6 is 7.60 Å². The Morgan fingerprint density at radius 3 is 1.70 bits per heavy atom. The van der Waals surface area contributed by atoms with E-state index in [4.69, 9.17) is 4.52 Å². The van der Waals surface area contributed by atoms with Crippen molar-refractivity contribution in [3.63, 3.8) is 0 Å². The topological polar surface area (TPSA) is 46.5 Å². The Hall–Kier alpha value is -0.136. The van der Waals surface area contributed by atoms with Gasteiger partial charge in [0, 0.05) is 0 Å². The zero-order valence-electron chi connectivity index (χ0n) is 30.3. The molecule has 0 saturated heterocycles. The maximum atomic E-state index is 12.5. The van der Waals surface area contributed by atoms with Crippen LogP contribution in [-0.4, -0.2) is 11.5 Å². The molecule has 0 amide bonds. The van der Waals surface area contributed by atoms with E-state index in [9.17, 15) is 9.46 Å². The third-order valence-corrected chi connectivity index (χ3v) is 12.0. The van der Waals surface area contributed by atoms with Crippen molar-refractivity contribution in [2.45, 2.75) is 194 Å². The molecule has 44 heavy (non-hydrogen) atoms. The van der Waals surface area contributed by atoms with Crippen LogP contribution in [-0.2, 0) is 29.9 Å². The third-order valence-electron chi connectivity index (χ3n) is 8.82.